The normalized spacial score (nSPS) is 12.5. The van der Waals surface area contributed by atoms with Gasteiger partial charge in [0.05, 0.1) is 4.47 Å². The summed E-state index contributed by atoms with van der Waals surface area (Å²) in [6.45, 7) is 0. The molecule has 0 spiro atoms. The maximum atomic E-state index is 13.8. The Bertz CT molecular complexity index is 582. The minimum Gasteiger partial charge on any atom is -0.324 e. The number of hydrogen-bond donors (Lipinski definition) is 1. The van der Waals surface area contributed by atoms with Crippen molar-refractivity contribution in [3.8, 4) is 0 Å². The molecule has 1 unspecified atom stereocenters. The first-order valence-corrected chi connectivity index (χ1v) is 7.21. The van der Waals surface area contributed by atoms with Crippen LogP contribution in [0.1, 0.15) is 17.2 Å². The third-order valence-corrected chi connectivity index (χ3v) is 4.42. The summed E-state index contributed by atoms with van der Waals surface area (Å²) < 4.78 is 28.2. The fourth-order valence-electron chi connectivity index (χ4n) is 1.91. The van der Waals surface area contributed by atoms with E-state index in [1.54, 1.807) is 24.3 Å². The van der Waals surface area contributed by atoms with E-state index in [2.05, 4.69) is 31.9 Å². The van der Waals surface area contributed by atoms with Crippen molar-refractivity contribution < 1.29 is 8.78 Å². The molecule has 0 saturated heterocycles. The fourth-order valence-corrected chi connectivity index (χ4v) is 2.97. The highest BCUT2D eigenvalue weighted by Crippen LogP contribution is 2.29. The first-order chi connectivity index (χ1) is 9.00. The molecule has 19 heavy (non-hydrogen) atoms. The van der Waals surface area contributed by atoms with Crippen LogP contribution in [0.2, 0.25) is 0 Å². The molecule has 0 heterocycles. The molecule has 0 aliphatic carbocycles. The molecule has 2 rings (SSSR count). The van der Waals surface area contributed by atoms with Gasteiger partial charge in [-0.25, -0.2) is 8.78 Å². The molecular formula is C14H11Br2F2N. The summed E-state index contributed by atoms with van der Waals surface area (Å²) in [5.41, 5.74) is 7.15. The second kappa shape index (κ2) is 6.11. The monoisotopic (exact) mass is 389 g/mol. The Labute approximate surface area is 127 Å². The molecule has 0 aromatic heterocycles. The van der Waals surface area contributed by atoms with E-state index in [4.69, 9.17) is 5.73 Å². The molecule has 0 bridgehead atoms. The molecule has 0 fully saturated rings. The highest BCUT2D eigenvalue weighted by Gasteiger charge is 2.17. The van der Waals surface area contributed by atoms with Crippen LogP contribution in [-0.4, -0.2) is 0 Å². The van der Waals surface area contributed by atoms with E-state index in [-0.39, 0.29) is 11.6 Å². The summed E-state index contributed by atoms with van der Waals surface area (Å²) in [7, 11) is 0. The molecule has 2 aromatic rings. The molecule has 100 valence electrons. The van der Waals surface area contributed by atoms with Crippen LogP contribution in [0.3, 0.4) is 0 Å². The average molecular weight is 391 g/mol. The molecule has 0 radical (unpaired) electrons. The first-order valence-electron chi connectivity index (χ1n) is 5.63. The SMILES string of the molecule is NC(Cc1cccc(F)c1Br)c1c(F)cccc1Br. The van der Waals surface area contributed by atoms with Crippen molar-refractivity contribution in [1.82, 2.24) is 0 Å². The molecule has 0 aliphatic heterocycles. The Morgan fingerprint density at radius 2 is 1.63 bits per heavy atom. The van der Waals surface area contributed by atoms with E-state index in [0.29, 0.717) is 26.5 Å². The standard InChI is InChI=1S/C14H11Br2F2N/c15-9-4-2-5-10(17)13(9)12(19)7-8-3-1-6-11(18)14(8)16/h1-6,12H,7,19H2. The van der Waals surface area contributed by atoms with Gasteiger partial charge in [-0.3, -0.25) is 0 Å². The van der Waals surface area contributed by atoms with E-state index in [1.165, 1.54) is 12.1 Å². The van der Waals surface area contributed by atoms with Gasteiger partial charge in [0.1, 0.15) is 11.6 Å². The van der Waals surface area contributed by atoms with Crippen LogP contribution < -0.4 is 5.73 Å². The van der Waals surface area contributed by atoms with Gasteiger partial charge in [0.2, 0.25) is 0 Å². The van der Waals surface area contributed by atoms with Gasteiger partial charge in [-0.05, 0) is 46.1 Å². The highest BCUT2D eigenvalue weighted by atomic mass is 79.9. The van der Waals surface area contributed by atoms with Gasteiger partial charge in [-0.1, -0.05) is 34.1 Å². The Morgan fingerprint density at radius 3 is 2.32 bits per heavy atom. The van der Waals surface area contributed by atoms with Crippen molar-refractivity contribution in [2.45, 2.75) is 12.5 Å². The van der Waals surface area contributed by atoms with Gasteiger partial charge >= 0.3 is 0 Å². The molecule has 0 aliphatic rings. The van der Waals surface area contributed by atoms with Crippen molar-refractivity contribution >= 4 is 31.9 Å². The van der Waals surface area contributed by atoms with Gasteiger partial charge in [-0.15, -0.1) is 0 Å². The Kier molecular flexibility index (Phi) is 4.71. The second-order valence-corrected chi connectivity index (χ2v) is 5.81. The third-order valence-electron chi connectivity index (χ3n) is 2.84. The number of halogens is 4. The zero-order valence-corrected chi connectivity index (χ0v) is 13.0. The quantitative estimate of drug-likeness (QED) is 0.805. The molecule has 2 aromatic carbocycles. The highest BCUT2D eigenvalue weighted by molar-refractivity contribution is 9.10. The van der Waals surface area contributed by atoms with E-state index in [1.807, 2.05) is 0 Å². The Hall–Kier alpha value is -0.780. The van der Waals surface area contributed by atoms with Crippen LogP contribution >= 0.6 is 31.9 Å². The van der Waals surface area contributed by atoms with Gasteiger partial charge in [0.25, 0.3) is 0 Å². The van der Waals surface area contributed by atoms with Crippen molar-refractivity contribution in [3.63, 3.8) is 0 Å². The average Bonchev–Trinajstić information content (AvgIpc) is 2.35. The van der Waals surface area contributed by atoms with E-state index < -0.39 is 6.04 Å². The van der Waals surface area contributed by atoms with Gasteiger partial charge in [0, 0.05) is 16.1 Å². The molecule has 0 saturated carbocycles. The zero-order valence-electron chi connectivity index (χ0n) is 9.84. The molecule has 1 nitrogen and oxygen atoms in total. The smallest absolute Gasteiger partial charge is 0.137 e. The molecular weight excluding hydrogens is 380 g/mol. The summed E-state index contributed by atoms with van der Waals surface area (Å²) in [4.78, 5) is 0. The van der Waals surface area contributed by atoms with Gasteiger partial charge in [-0.2, -0.15) is 0 Å². The lowest BCUT2D eigenvalue weighted by Crippen LogP contribution is -2.16. The molecule has 0 amide bonds. The first kappa shape index (κ1) is 14.6. The lowest BCUT2D eigenvalue weighted by atomic mass is 9.99. The zero-order chi connectivity index (χ0) is 14.0. The predicted molar refractivity (Wildman–Crippen MR) is 78.8 cm³/mol. The van der Waals surface area contributed by atoms with Crippen LogP contribution in [-0.2, 0) is 6.42 Å². The van der Waals surface area contributed by atoms with Gasteiger partial charge in [0.15, 0.2) is 0 Å². The minimum atomic E-state index is -0.548. The summed E-state index contributed by atoms with van der Waals surface area (Å²) >= 11 is 6.47. The minimum absolute atomic E-state index is 0.345. The molecule has 2 N–H and O–H groups in total. The maximum absolute atomic E-state index is 13.8. The van der Waals surface area contributed by atoms with Gasteiger partial charge < -0.3 is 5.73 Å². The number of rotatable bonds is 3. The summed E-state index contributed by atoms with van der Waals surface area (Å²) in [5, 5.41) is 0. The van der Waals surface area contributed by atoms with Crippen LogP contribution in [0.15, 0.2) is 45.3 Å². The molecule has 1 atom stereocenters. The summed E-state index contributed by atoms with van der Waals surface area (Å²) in [6, 6.07) is 8.89. The number of nitrogens with two attached hydrogens (primary N) is 1. The topological polar surface area (TPSA) is 26.0 Å². The van der Waals surface area contributed by atoms with Crippen molar-refractivity contribution in [3.05, 3.63) is 68.1 Å². The van der Waals surface area contributed by atoms with Crippen molar-refractivity contribution in [2.24, 2.45) is 5.73 Å². The molecule has 5 heteroatoms. The Morgan fingerprint density at radius 1 is 1.00 bits per heavy atom. The lowest BCUT2D eigenvalue weighted by molar-refractivity contribution is 0.575. The number of hydrogen-bond acceptors (Lipinski definition) is 1. The number of benzene rings is 2. The third kappa shape index (κ3) is 3.22. The largest absolute Gasteiger partial charge is 0.324 e. The van der Waals surface area contributed by atoms with E-state index in [9.17, 15) is 8.78 Å². The van der Waals surface area contributed by atoms with Crippen molar-refractivity contribution in [1.29, 1.82) is 0 Å². The second-order valence-electron chi connectivity index (χ2n) is 4.16. The van der Waals surface area contributed by atoms with Crippen LogP contribution in [0.5, 0.6) is 0 Å². The summed E-state index contributed by atoms with van der Waals surface area (Å²) in [6.07, 6.45) is 0.345. The van der Waals surface area contributed by atoms with Crippen LogP contribution in [0.4, 0.5) is 8.78 Å². The maximum Gasteiger partial charge on any atom is 0.137 e. The van der Waals surface area contributed by atoms with Crippen LogP contribution in [0.25, 0.3) is 0 Å². The summed E-state index contributed by atoms with van der Waals surface area (Å²) in [5.74, 6) is -0.716. The fraction of sp³-hybridized carbons (Fsp3) is 0.143. The van der Waals surface area contributed by atoms with Crippen LogP contribution in [0, 0.1) is 11.6 Å². The van der Waals surface area contributed by atoms with E-state index in [0.717, 1.165) is 0 Å². The van der Waals surface area contributed by atoms with Crippen molar-refractivity contribution in [2.75, 3.05) is 0 Å². The predicted octanol–water partition coefficient (Wildman–Crippen LogP) is 4.73. The lowest BCUT2D eigenvalue weighted by Gasteiger charge is -2.16. The van der Waals surface area contributed by atoms with E-state index >= 15 is 0 Å². The Balaban J connectivity index is 2.31.